The van der Waals surface area contributed by atoms with E-state index in [4.69, 9.17) is 4.84 Å². The number of hydrogen-bond acceptors (Lipinski definition) is 5. The van der Waals surface area contributed by atoms with Gasteiger partial charge in [-0.3, -0.25) is 0 Å². The number of hydrogen-bond donors (Lipinski definition) is 2. The summed E-state index contributed by atoms with van der Waals surface area (Å²) in [6, 6.07) is 13.6. The summed E-state index contributed by atoms with van der Waals surface area (Å²) < 4.78 is 0. The summed E-state index contributed by atoms with van der Waals surface area (Å²) in [5.74, 6) is 0. The lowest BCUT2D eigenvalue weighted by atomic mass is 10.1. The number of nitrogens with one attached hydrogen (secondary N) is 2. The molecule has 136 valence electrons. The molecule has 0 atom stereocenters. The molecule has 1 fully saturated rings. The van der Waals surface area contributed by atoms with Gasteiger partial charge < -0.3 is 4.84 Å². The van der Waals surface area contributed by atoms with Crippen LogP contribution in [-0.2, 0) is 11.4 Å². The molecule has 0 unspecified atom stereocenters. The van der Waals surface area contributed by atoms with Crippen LogP contribution in [0.1, 0.15) is 29.2 Å². The maximum absolute atomic E-state index is 12.2. The molecule has 2 aromatic carbocycles. The van der Waals surface area contributed by atoms with E-state index in [0.717, 1.165) is 33.7 Å². The van der Waals surface area contributed by atoms with Crippen molar-refractivity contribution < 1.29 is 9.63 Å². The fraction of sp³-hybridized carbons (Fsp3) is 0.263. The molecule has 2 amide bonds. The van der Waals surface area contributed by atoms with Gasteiger partial charge in [0.2, 0.25) is 0 Å². The number of carbonyl (C=O) groups is 1. The lowest BCUT2D eigenvalue weighted by Gasteiger charge is -2.19. The highest BCUT2D eigenvalue weighted by Crippen LogP contribution is 2.25. The second-order valence-corrected chi connectivity index (χ2v) is 6.24. The number of amides is 2. The van der Waals surface area contributed by atoms with Crippen molar-refractivity contribution in [2.45, 2.75) is 27.4 Å². The van der Waals surface area contributed by atoms with Gasteiger partial charge in [0, 0.05) is 18.2 Å². The molecular weight excluding hydrogens is 330 g/mol. The minimum Gasteiger partial charge on any atom is -0.391 e. The van der Waals surface area contributed by atoms with Crippen LogP contribution in [-0.4, -0.2) is 23.8 Å². The van der Waals surface area contributed by atoms with Crippen molar-refractivity contribution in [3.63, 3.8) is 0 Å². The molecule has 0 aliphatic carbocycles. The third-order valence-corrected chi connectivity index (χ3v) is 4.38. The molecule has 2 aromatic rings. The number of urea groups is 1. The van der Waals surface area contributed by atoms with Gasteiger partial charge in [0.05, 0.1) is 11.4 Å². The summed E-state index contributed by atoms with van der Waals surface area (Å²) in [6.07, 6.45) is 0. The zero-order valence-corrected chi connectivity index (χ0v) is 15.4. The minimum atomic E-state index is -0.198. The highest BCUT2D eigenvalue weighted by atomic mass is 16.6. The highest BCUT2D eigenvalue weighted by Gasteiger charge is 2.28. The van der Waals surface area contributed by atoms with E-state index < -0.39 is 0 Å². The van der Waals surface area contributed by atoms with Gasteiger partial charge in [-0.1, -0.05) is 41.6 Å². The first kappa shape index (κ1) is 17.9. The van der Waals surface area contributed by atoms with Crippen molar-refractivity contribution in [3.05, 3.63) is 64.7 Å². The second kappa shape index (κ2) is 7.55. The number of rotatable bonds is 5. The van der Waals surface area contributed by atoms with Gasteiger partial charge in [-0.25, -0.2) is 14.8 Å². The first-order valence-electron chi connectivity index (χ1n) is 8.39. The molecule has 0 aromatic heterocycles. The first-order valence-corrected chi connectivity index (χ1v) is 8.39. The van der Waals surface area contributed by atoms with E-state index in [1.807, 2.05) is 63.2 Å². The van der Waals surface area contributed by atoms with Gasteiger partial charge >= 0.3 is 6.03 Å². The van der Waals surface area contributed by atoms with Crippen molar-refractivity contribution >= 4 is 17.4 Å². The SMILES string of the molecule is CC(=NOCc1c(C)cccc1N1NNN(C)C1=O)c1ccccc1C. The molecule has 2 N–H and O–H groups in total. The van der Waals surface area contributed by atoms with Crippen LogP contribution in [0.2, 0.25) is 0 Å². The lowest BCUT2D eigenvalue weighted by Crippen LogP contribution is -2.38. The fourth-order valence-electron chi connectivity index (χ4n) is 2.84. The largest absolute Gasteiger partial charge is 0.391 e. The number of oxime groups is 1. The summed E-state index contributed by atoms with van der Waals surface area (Å²) in [6.45, 7) is 6.21. The molecule has 1 aliphatic rings. The molecule has 0 saturated carbocycles. The van der Waals surface area contributed by atoms with Crippen LogP contribution in [0.15, 0.2) is 47.6 Å². The number of hydrazine groups is 3. The van der Waals surface area contributed by atoms with Gasteiger partial charge in [0.25, 0.3) is 0 Å². The van der Waals surface area contributed by atoms with Crippen LogP contribution < -0.4 is 16.1 Å². The summed E-state index contributed by atoms with van der Waals surface area (Å²) in [7, 11) is 1.65. The molecule has 0 spiro atoms. The minimum absolute atomic E-state index is 0.198. The highest BCUT2D eigenvalue weighted by molar-refractivity contribution is 5.99. The van der Waals surface area contributed by atoms with Crippen LogP contribution >= 0.6 is 0 Å². The van der Waals surface area contributed by atoms with Crippen molar-refractivity contribution in [1.82, 2.24) is 16.1 Å². The van der Waals surface area contributed by atoms with Crippen LogP contribution in [0.5, 0.6) is 0 Å². The van der Waals surface area contributed by atoms with Gasteiger partial charge in [-0.05, 0) is 38.0 Å². The predicted octanol–water partition coefficient (Wildman–Crippen LogP) is 3.04. The molecule has 0 radical (unpaired) electrons. The first-order chi connectivity index (χ1) is 12.5. The average molecular weight is 353 g/mol. The zero-order chi connectivity index (χ0) is 18.7. The Labute approximate surface area is 153 Å². The number of carbonyl (C=O) groups excluding carboxylic acids is 1. The standard InChI is InChI=1S/C19H23N5O2/c1-13-8-5-6-10-16(13)15(3)20-26-12-17-14(2)9-7-11-18(17)24-19(25)23(4)21-22-24/h5-11,21-22H,12H2,1-4H3. The third kappa shape index (κ3) is 3.54. The van der Waals surface area contributed by atoms with Crippen molar-refractivity contribution in [2.75, 3.05) is 12.1 Å². The molecule has 26 heavy (non-hydrogen) atoms. The maximum atomic E-state index is 12.2. The Morgan fingerprint density at radius 1 is 1.08 bits per heavy atom. The van der Waals surface area contributed by atoms with Crippen molar-refractivity contribution in [3.8, 4) is 0 Å². The Hall–Kier alpha value is -2.90. The Kier molecular flexibility index (Phi) is 5.20. The molecule has 7 nitrogen and oxygen atoms in total. The number of benzene rings is 2. The molecular formula is C19H23N5O2. The van der Waals surface area contributed by atoms with E-state index >= 15 is 0 Å². The Balaban J connectivity index is 1.79. The number of aryl methyl sites for hydroxylation is 2. The quantitative estimate of drug-likeness (QED) is 0.640. The fourth-order valence-corrected chi connectivity index (χ4v) is 2.84. The number of anilines is 1. The van der Waals surface area contributed by atoms with E-state index in [1.54, 1.807) is 7.05 Å². The van der Waals surface area contributed by atoms with Crippen molar-refractivity contribution in [1.29, 1.82) is 0 Å². The molecule has 0 bridgehead atoms. The van der Waals surface area contributed by atoms with Crippen LogP contribution in [0.3, 0.4) is 0 Å². The summed E-state index contributed by atoms with van der Waals surface area (Å²) >= 11 is 0. The normalized spacial score (nSPS) is 14.9. The second-order valence-electron chi connectivity index (χ2n) is 6.24. The lowest BCUT2D eigenvalue weighted by molar-refractivity contribution is 0.130. The molecule has 1 heterocycles. The van der Waals surface area contributed by atoms with Gasteiger partial charge in [-0.15, -0.1) is 11.1 Å². The third-order valence-electron chi connectivity index (χ3n) is 4.38. The monoisotopic (exact) mass is 353 g/mol. The van der Waals surface area contributed by atoms with E-state index in [2.05, 4.69) is 16.2 Å². The zero-order valence-electron chi connectivity index (χ0n) is 15.4. The van der Waals surface area contributed by atoms with E-state index in [1.165, 1.54) is 10.0 Å². The van der Waals surface area contributed by atoms with Crippen LogP contribution in [0, 0.1) is 13.8 Å². The van der Waals surface area contributed by atoms with Crippen molar-refractivity contribution in [2.24, 2.45) is 5.16 Å². The molecule has 7 heteroatoms. The summed E-state index contributed by atoms with van der Waals surface area (Å²) in [5.41, 5.74) is 11.3. The Morgan fingerprint density at radius 3 is 2.50 bits per heavy atom. The van der Waals surface area contributed by atoms with Crippen LogP contribution in [0.25, 0.3) is 0 Å². The molecule has 1 aliphatic heterocycles. The molecule has 1 saturated heterocycles. The topological polar surface area (TPSA) is 69.2 Å². The van der Waals surface area contributed by atoms with E-state index in [-0.39, 0.29) is 12.6 Å². The number of nitrogens with zero attached hydrogens (tertiary/aromatic N) is 3. The maximum Gasteiger partial charge on any atom is 0.355 e. The van der Waals surface area contributed by atoms with Gasteiger partial charge in [0.1, 0.15) is 6.61 Å². The predicted molar refractivity (Wildman–Crippen MR) is 101 cm³/mol. The van der Waals surface area contributed by atoms with Gasteiger partial charge in [-0.2, -0.15) is 0 Å². The van der Waals surface area contributed by atoms with Crippen LogP contribution in [0.4, 0.5) is 10.5 Å². The summed E-state index contributed by atoms with van der Waals surface area (Å²) in [5, 5.41) is 7.08. The smallest absolute Gasteiger partial charge is 0.355 e. The van der Waals surface area contributed by atoms with Gasteiger partial charge in [0.15, 0.2) is 0 Å². The Bertz CT molecular complexity index is 850. The van der Waals surface area contributed by atoms with E-state index in [9.17, 15) is 4.79 Å². The van der Waals surface area contributed by atoms with E-state index in [0.29, 0.717) is 0 Å². The Morgan fingerprint density at radius 2 is 1.81 bits per heavy atom. The molecule has 3 rings (SSSR count). The average Bonchev–Trinajstić information content (AvgIpc) is 2.95. The summed E-state index contributed by atoms with van der Waals surface area (Å²) in [4.78, 5) is 17.9.